The third-order valence-corrected chi connectivity index (χ3v) is 4.98. The Morgan fingerprint density at radius 1 is 1.10 bits per heavy atom. The van der Waals surface area contributed by atoms with Crippen LogP contribution >= 0.6 is 12.2 Å². The number of hydrogen-bond acceptors (Lipinski definition) is 4. The molecular formula is C22H26N4O2S. The Labute approximate surface area is 176 Å². The zero-order valence-corrected chi connectivity index (χ0v) is 17.8. The minimum atomic E-state index is -0.122. The molecule has 0 bridgehead atoms. The van der Waals surface area contributed by atoms with E-state index in [2.05, 4.69) is 15.2 Å². The Hall–Kier alpha value is -2.90. The van der Waals surface area contributed by atoms with Gasteiger partial charge in [0.25, 0.3) is 5.56 Å². The summed E-state index contributed by atoms with van der Waals surface area (Å²) in [6, 6.07) is 17.4. The average Bonchev–Trinajstić information content (AvgIpc) is 2.71. The van der Waals surface area contributed by atoms with Crippen LogP contribution in [-0.4, -0.2) is 54.2 Å². The number of aromatic nitrogens is 1. The zero-order valence-electron chi connectivity index (χ0n) is 16.9. The number of likely N-dealkylation sites (N-methyl/N-ethyl adjacent to an activating group) is 1. The maximum Gasteiger partial charge on any atom is 0.253 e. The molecule has 1 aromatic heterocycles. The van der Waals surface area contributed by atoms with Gasteiger partial charge in [0.05, 0.1) is 19.2 Å². The fourth-order valence-electron chi connectivity index (χ4n) is 2.97. The van der Waals surface area contributed by atoms with Gasteiger partial charge in [0, 0.05) is 30.4 Å². The molecule has 152 valence electrons. The highest BCUT2D eigenvalue weighted by atomic mass is 32.1. The molecule has 0 aliphatic heterocycles. The van der Waals surface area contributed by atoms with Gasteiger partial charge in [0.1, 0.15) is 5.75 Å². The lowest BCUT2D eigenvalue weighted by Gasteiger charge is -2.27. The van der Waals surface area contributed by atoms with Gasteiger partial charge < -0.3 is 24.8 Å². The number of anilines is 1. The summed E-state index contributed by atoms with van der Waals surface area (Å²) in [5.41, 5.74) is 2.22. The van der Waals surface area contributed by atoms with Crippen LogP contribution in [0.1, 0.15) is 5.56 Å². The summed E-state index contributed by atoms with van der Waals surface area (Å²) in [6.45, 7) is 1.94. The molecule has 3 aromatic rings. The Morgan fingerprint density at radius 3 is 2.55 bits per heavy atom. The molecule has 2 N–H and O–H groups in total. The standard InChI is InChI=1S/C22H26N4O2S/c1-25(2)11-12-26(22(29)23-18-7-5-4-6-8-18)15-17-13-16-9-10-19(28-3)14-20(16)24-21(17)27/h4-10,13-14H,11-12,15H2,1-3H3,(H,23,29)(H,24,27). The van der Waals surface area contributed by atoms with Crippen molar-refractivity contribution in [3.05, 3.63) is 70.5 Å². The van der Waals surface area contributed by atoms with Crippen LogP contribution in [0.3, 0.4) is 0 Å². The van der Waals surface area contributed by atoms with Gasteiger partial charge in [0.15, 0.2) is 5.11 Å². The molecule has 0 saturated carbocycles. The number of aromatic amines is 1. The monoisotopic (exact) mass is 410 g/mol. The first-order chi connectivity index (χ1) is 14.0. The van der Waals surface area contributed by atoms with Gasteiger partial charge in [-0.05, 0) is 62.0 Å². The average molecular weight is 411 g/mol. The normalized spacial score (nSPS) is 10.9. The van der Waals surface area contributed by atoms with Gasteiger partial charge >= 0.3 is 0 Å². The lowest BCUT2D eigenvalue weighted by molar-refractivity contribution is 0.327. The number of pyridine rings is 1. The van der Waals surface area contributed by atoms with E-state index in [1.807, 2.05) is 73.6 Å². The highest BCUT2D eigenvalue weighted by Crippen LogP contribution is 2.19. The van der Waals surface area contributed by atoms with Gasteiger partial charge in [-0.1, -0.05) is 18.2 Å². The second kappa shape index (κ2) is 9.54. The molecule has 0 radical (unpaired) electrons. The topological polar surface area (TPSA) is 60.6 Å². The van der Waals surface area contributed by atoms with Crippen molar-refractivity contribution >= 4 is 33.9 Å². The lowest BCUT2D eigenvalue weighted by atomic mass is 10.1. The highest BCUT2D eigenvalue weighted by Gasteiger charge is 2.14. The van der Waals surface area contributed by atoms with Crippen molar-refractivity contribution in [3.63, 3.8) is 0 Å². The highest BCUT2D eigenvalue weighted by molar-refractivity contribution is 7.80. The Kier molecular flexibility index (Phi) is 6.85. The molecule has 0 aliphatic carbocycles. The van der Waals surface area contributed by atoms with E-state index in [0.717, 1.165) is 23.1 Å². The number of benzene rings is 2. The largest absolute Gasteiger partial charge is 0.497 e. The van der Waals surface area contributed by atoms with E-state index in [4.69, 9.17) is 17.0 Å². The Morgan fingerprint density at radius 2 is 1.86 bits per heavy atom. The Bertz CT molecular complexity index is 1030. The fourth-order valence-corrected chi connectivity index (χ4v) is 3.25. The van der Waals surface area contributed by atoms with Crippen LogP contribution in [0.4, 0.5) is 5.69 Å². The van der Waals surface area contributed by atoms with Crippen LogP contribution in [0, 0.1) is 0 Å². The van der Waals surface area contributed by atoms with Crippen LogP contribution in [0.5, 0.6) is 5.75 Å². The molecule has 0 amide bonds. The number of para-hydroxylation sites is 1. The first-order valence-corrected chi connectivity index (χ1v) is 9.83. The number of H-pyrrole nitrogens is 1. The molecule has 0 fully saturated rings. The predicted molar refractivity (Wildman–Crippen MR) is 123 cm³/mol. The molecule has 0 aliphatic rings. The Balaban J connectivity index is 1.85. The third-order valence-electron chi connectivity index (χ3n) is 4.62. The van der Waals surface area contributed by atoms with Crippen molar-refractivity contribution in [2.45, 2.75) is 6.54 Å². The van der Waals surface area contributed by atoms with Crippen molar-refractivity contribution in [3.8, 4) is 5.75 Å². The predicted octanol–water partition coefficient (Wildman–Crippen LogP) is 3.30. The number of fused-ring (bicyclic) bond motifs is 1. The van der Waals surface area contributed by atoms with Crippen LogP contribution in [-0.2, 0) is 6.54 Å². The molecule has 0 unspecified atom stereocenters. The number of hydrogen-bond donors (Lipinski definition) is 2. The molecule has 0 atom stereocenters. The molecule has 1 heterocycles. The SMILES string of the molecule is COc1ccc2cc(CN(CCN(C)C)C(=S)Nc3ccccc3)c(=O)[nH]c2c1. The van der Waals surface area contributed by atoms with E-state index in [9.17, 15) is 4.79 Å². The summed E-state index contributed by atoms with van der Waals surface area (Å²) in [7, 11) is 5.64. The van der Waals surface area contributed by atoms with Gasteiger partial charge in [-0.3, -0.25) is 4.79 Å². The van der Waals surface area contributed by atoms with Crippen molar-refractivity contribution in [1.82, 2.24) is 14.8 Å². The molecule has 3 rings (SSSR count). The third kappa shape index (κ3) is 5.56. The number of ether oxygens (including phenoxy) is 1. The zero-order chi connectivity index (χ0) is 20.8. The van der Waals surface area contributed by atoms with Crippen LogP contribution < -0.4 is 15.6 Å². The van der Waals surface area contributed by atoms with Crippen LogP contribution in [0.25, 0.3) is 10.9 Å². The van der Waals surface area contributed by atoms with E-state index in [0.29, 0.717) is 29.5 Å². The maximum atomic E-state index is 12.7. The minimum Gasteiger partial charge on any atom is -0.497 e. The molecular weight excluding hydrogens is 384 g/mol. The van der Waals surface area contributed by atoms with Crippen molar-refractivity contribution < 1.29 is 4.74 Å². The molecule has 0 saturated heterocycles. The number of rotatable bonds is 7. The summed E-state index contributed by atoms with van der Waals surface area (Å²) < 4.78 is 5.24. The molecule has 2 aromatic carbocycles. The van der Waals surface area contributed by atoms with E-state index >= 15 is 0 Å². The first kappa shape index (κ1) is 20.8. The van der Waals surface area contributed by atoms with Crippen molar-refractivity contribution in [2.24, 2.45) is 0 Å². The first-order valence-electron chi connectivity index (χ1n) is 9.42. The summed E-state index contributed by atoms with van der Waals surface area (Å²) in [4.78, 5) is 19.8. The second-order valence-corrected chi connectivity index (χ2v) is 7.48. The number of thiocarbonyl (C=S) groups is 1. The maximum absolute atomic E-state index is 12.7. The second-order valence-electron chi connectivity index (χ2n) is 7.10. The van der Waals surface area contributed by atoms with Crippen LogP contribution in [0.2, 0.25) is 0 Å². The van der Waals surface area contributed by atoms with Gasteiger partial charge in [-0.2, -0.15) is 0 Å². The van der Waals surface area contributed by atoms with Crippen molar-refractivity contribution in [1.29, 1.82) is 0 Å². The molecule has 29 heavy (non-hydrogen) atoms. The summed E-state index contributed by atoms with van der Waals surface area (Å²) in [5, 5.41) is 4.81. The van der Waals surface area contributed by atoms with Crippen LogP contribution in [0.15, 0.2) is 59.4 Å². The van der Waals surface area contributed by atoms with Crippen molar-refractivity contribution in [2.75, 3.05) is 39.6 Å². The quantitative estimate of drug-likeness (QED) is 0.583. The number of methoxy groups -OCH3 is 1. The minimum absolute atomic E-state index is 0.122. The summed E-state index contributed by atoms with van der Waals surface area (Å²) in [6.07, 6.45) is 0. The van der Waals surface area contributed by atoms with Gasteiger partial charge in [-0.15, -0.1) is 0 Å². The number of nitrogens with zero attached hydrogens (tertiary/aromatic N) is 2. The van der Waals surface area contributed by atoms with Gasteiger partial charge in [0.2, 0.25) is 0 Å². The van der Waals surface area contributed by atoms with E-state index in [-0.39, 0.29) is 5.56 Å². The van der Waals surface area contributed by atoms with Gasteiger partial charge in [-0.25, -0.2) is 0 Å². The summed E-state index contributed by atoms with van der Waals surface area (Å²) >= 11 is 5.65. The number of nitrogens with one attached hydrogen (secondary N) is 2. The molecule has 0 spiro atoms. The van der Waals surface area contributed by atoms with E-state index in [1.54, 1.807) is 7.11 Å². The molecule has 7 heteroatoms. The smallest absolute Gasteiger partial charge is 0.253 e. The fraction of sp³-hybridized carbons (Fsp3) is 0.273. The van der Waals surface area contributed by atoms with E-state index in [1.165, 1.54) is 0 Å². The van der Waals surface area contributed by atoms with E-state index < -0.39 is 0 Å². The molecule has 6 nitrogen and oxygen atoms in total. The summed E-state index contributed by atoms with van der Waals surface area (Å²) in [5.74, 6) is 0.710. The lowest BCUT2D eigenvalue weighted by Crippen LogP contribution is -2.40.